The van der Waals surface area contributed by atoms with Gasteiger partial charge in [-0.05, 0) is 30.7 Å². The number of carboxylic acids is 1. The number of hydrogen-bond donors (Lipinski definition) is 1. The van der Waals surface area contributed by atoms with Crippen LogP contribution in [0.1, 0.15) is 12.8 Å². The van der Waals surface area contributed by atoms with Crippen molar-refractivity contribution in [3.05, 3.63) is 24.3 Å². The van der Waals surface area contributed by atoms with Crippen molar-refractivity contribution < 1.29 is 27.9 Å². The molecule has 0 saturated carbocycles. The Morgan fingerprint density at radius 3 is 2.30 bits per heavy atom. The van der Waals surface area contributed by atoms with Crippen LogP contribution in [0.5, 0.6) is 0 Å². The maximum atomic E-state index is 12.4. The summed E-state index contributed by atoms with van der Waals surface area (Å²) < 4.78 is 31.3. The fraction of sp³-hybridized carbons (Fsp3) is 0.429. The Kier molecular flexibility index (Phi) is 5.69. The van der Waals surface area contributed by atoms with Crippen molar-refractivity contribution >= 4 is 27.6 Å². The van der Waals surface area contributed by atoms with E-state index in [1.807, 2.05) is 0 Å². The minimum absolute atomic E-state index is 0.132. The summed E-state index contributed by atoms with van der Waals surface area (Å²) in [6.07, 6.45) is -0.564. The molecule has 1 saturated heterocycles. The van der Waals surface area contributed by atoms with E-state index in [9.17, 15) is 23.1 Å². The minimum Gasteiger partial charge on any atom is -0.550 e. The number of rotatable bonds is 6. The lowest BCUT2D eigenvalue weighted by Crippen LogP contribution is -2.40. The largest absolute Gasteiger partial charge is 0.550 e. The minimum atomic E-state index is -3.57. The van der Waals surface area contributed by atoms with Crippen LogP contribution in [0.15, 0.2) is 29.2 Å². The summed E-state index contributed by atoms with van der Waals surface area (Å²) in [6.45, 7) is 1.35. The lowest BCUT2D eigenvalue weighted by Gasteiger charge is -2.26. The number of aliphatic carboxylic acids is 1. The summed E-state index contributed by atoms with van der Waals surface area (Å²) >= 11 is 0. The lowest BCUT2D eigenvalue weighted by atomic mass is 10.2. The predicted molar refractivity (Wildman–Crippen MR) is 78.9 cm³/mol. The molecule has 1 aromatic carbocycles. The zero-order chi connectivity index (χ0) is 16.9. The van der Waals surface area contributed by atoms with Crippen LogP contribution in [0.2, 0.25) is 0 Å². The average Bonchev–Trinajstić information content (AvgIpc) is 2.54. The highest BCUT2D eigenvalue weighted by Gasteiger charge is 2.26. The fourth-order valence-corrected chi connectivity index (χ4v) is 3.49. The van der Waals surface area contributed by atoms with Gasteiger partial charge in [0.1, 0.15) is 0 Å². The lowest BCUT2D eigenvalue weighted by molar-refractivity contribution is -0.305. The SMILES string of the molecule is O=C([O-])CCC(=O)Nc1ccc(S(=O)(=O)N2CCOCC2)cc1. The number of benzene rings is 1. The number of carbonyl (C=O) groups excluding carboxylic acids is 2. The van der Waals surface area contributed by atoms with E-state index >= 15 is 0 Å². The molecule has 0 atom stereocenters. The predicted octanol–water partition coefficient (Wildman–Crippen LogP) is -0.824. The Bertz CT molecular complexity index is 665. The van der Waals surface area contributed by atoms with Gasteiger partial charge in [-0.15, -0.1) is 0 Å². The Morgan fingerprint density at radius 1 is 1.13 bits per heavy atom. The van der Waals surface area contributed by atoms with Crippen LogP contribution in [-0.2, 0) is 24.3 Å². The molecule has 1 heterocycles. The van der Waals surface area contributed by atoms with Crippen molar-refractivity contribution in [3.8, 4) is 0 Å². The van der Waals surface area contributed by atoms with E-state index in [1.165, 1.54) is 28.6 Å². The van der Waals surface area contributed by atoms with E-state index in [1.54, 1.807) is 0 Å². The molecule has 1 aliphatic rings. The van der Waals surface area contributed by atoms with Crippen LogP contribution >= 0.6 is 0 Å². The third-order valence-electron chi connectivity index (χ3n) is 3.30. The number of nitrogens with zero attached hydrogens (tertiary/aromatic N) is 1. The molecule has 1 amide bonds. The molecular weight excluding hydrogens is 324 g/mol. The van der Waals surface area contributed by atoms with Gasteiger partial charge >= 0.3 is 0 Å². The van der Waals surface area contributed by atoms with Gasteiger partial charge in [0.25, 0.3) is 0 Å². The molecule has 0 unspecified atom stereocenters. The molecular formula is C14H17N2O6S-. The molecule has 9 heteroatoms. The molecule has 1 aromatic rings. The Morgan fingerprint density at radius 2 is 1.74 bits per heavy atom. The molecule has 1 N–H and O–H groups in total. The standard InChI is InChI=1S/C14H18N2O6S/c17-13(5-6-14(18)19)15-11-1-3-12(4-2-11)23(20,21)16-7-9-22-10-8-16/h1-4H,5-10H2,(H,15,17)(H,18,19)/p-1. The molecule has 0 radical (unpaired) electrons. The molecule has 0 aliphatic carbocycles. The first kappa shape index (κ1) is 17.4. The third kappa shape index (κ3) is 4.75. The van der Waals surface area contributed by atoms with Gasteiger partial charge in [0.05, 0.1) is 18.1 Å². The molecule has 0 spiro atoms. The van der Waals surface area contributed by atoms with Gasteiger partial charge < -0.3 is 20.0 Å². The number of amides is 1. The van der Waals surface area contributed by atoms with E-state index in [0.29, 0.717) is 32.0 Å². The first-order valence-electron chi connectivity index (χ1n) is 7.07. The van der Waals surface area contributed by atoms with Gasteiger partial charge in [0.15, 0.2) is 0 Å². The fourth-order valence-electron chi connectivity index (χ4n) is 2.09. The van der Waals surface area contributed by atoms with Crippen LogP contribution in [0.3, 0.4) is 0 Å². The first-order chi connectivity index (χ1) is 10.9. The Labute approximate surface area is 134 Å². The summed E-state index contributed by atoms with van der Waals surface area (Å²) in [7, 11) is -3.57. The highest BCUT2D eigenvalue weighted by Crippen LogP contribution is 2.19. The molecule has 1 aliphatic heterocycles. The number of sulfonamides is 1. The second kappa shape index (κ2) is 7.53. The quantitative estimate of drug-likeness (QED) is 0.722. The van der Waals surface area contributed by atoms with Crippen LogP contribution < -0.4 is 10.4 Å². The molecule has 1 fully saturated rings. The number of carboxylic acid groups (broad SMARTS) is 1. The van der Waals surface area contributed by atoms with E-state index in [2.05, 4.69) is 5.32 Å². The maximum Gasteiger partial charge on any atom is 0.243 e. The Balaban J connectivity index is 2.01. The Hall–Kier alpha value is -1.97. The van der Waals surface area contributed by atoms with Crippen molar-refractivity contribution in [2.24, 2.45) is 0 Å². The number of ether oxygens (including phenoxy) is 1. The number of hydrogen-bond acceptors (Lipinski definition) is 6. The molecule has 0 aromatic heterocycles. The van der Waals surface area contributed by atoms with Gasteiger partial charge in [-0.2, -0.15) is 4.31 Å². The van der Waals surface area contributed by atoms with Crippen molar-refractivity contribution in [1.29, 1.82) is 0 Å². The van der Waals surface area contributed by atoms with Crippen molar-refractivity contribution in [2.45, 2.75) is 17.7 Å². The van der Waals surface area contributed by atoms with Crippen molar-refractivity contribution in [1.82, 2.24) is 4.31 Å². The van der Waals surface area contributed by atoms with Crippen LogP contribution in [0.25, 0.3) is 0 Å². The summed E-state index contributed by atoms with van der Waals surface area (Å²) in [5.41, 5.74) is 0.397. The third-order valence-corrected chi connectivity index (χ3v) is 5.21. The molecule has 2 rings (SSSR count). The highest BCUT2D eigenvalue weighted by atomic mass is 32.2. The normalized spacial score (nSPS) is 16.0. The van der Waals surface area contributed by atoms with Gasteiger partial charge in [-0.1, -0.05) is 0 Å². The number of nitrogens with one attached hydrogen (secondary N) is 1. The molecule has 8 nitrogen and oxygen atoms in total. The zero-order valence-electron chi connectivity index (χ0n) is 12.4. The van der Waals surface area contributed by atoms with E-state index in [-0.39, 0.29) is 17.7 Å². The second-order valence-corrected chi connectivity index (χ2v) is 6.90. The molecule has 23 heavy (non-hydrogen) atoms. The van der Waals surface area contributed by atoms with E-state index < -0.39 is 21.9 Å². The molecule has 126 valence electrons. The van der Waals surface area contributed by atoms with Crippen molar-refractivity contribution in [2.75, 3.05) is 31.6 Å². The summed E-state index contributed by atoms with van der Waals surface area (Å²) in [5, 5.41) is 12.8. The van der Waals surface area contributed by atoms with Gasteiger partial charge in [-0.25, -0.2) is 8.42 Å². The van der Waals surface area contributed by atoms with E-state index in [0.717, 1.165) is 0 Å². The smallest absolute Gasteiger partial charge is 0.243 e. The maximum absolute atomic E-state index is 12.4. The number of carbonyl (C=O) groups is 2. The molecule has 0 bridgehead atoms. The number of anilines is 1. The first-order valence-corrected chi connectivity index (χ1v) is 8.51. The van der Waals surface area contributed by atoms with Gasteiger partial charge in [0.2, 0.25) is 15.9 Å². The average molecular weight is 341 g/mol. The topological polar surface area (TPSA) is 116 Å². The number of morpholine rings is 1. The zero-order valence-corrected chi connectivity index (χ0v) is 13.2. The summed E-state index contributed by atoms with van der Waals surface area (Å²) in [4.78, 5) is 21.9. The van der Waals surface area contributed by atoms with Crippen LogP contribution in [-0.4, -0.2) is 50.9 Å². The monoisotopic (exact) mass is 341 g/mol. The van der Waals surface area contributed by atoms with Crippen LogP contribution in [0, 0.1) is 0 Å². The van der Waals surface area contributed by atoms with E-state index in [4.69, 9.17) is 4.74 Å². The summed E-state index contributed by atoms with van der Waals surface area (Å²) in [5.74, 6) is -1.77. The highest BCUT2D eigenvalue weighted by molar-refractivity contribution is 7.89. The van der Waals surface area contributed by atoms with Gasteiger partial charge in [-0.3, -0.25) is 4.79 Å². The van der Waals surface area contributed by atoms with Crippen molar-refractivity contribution in [3.63, 3.8) is 0 Å². The van der Waals surface area contributed by atoms with Gasteiger partial charge in [0, 0.05) is 31.2 Å². The summed E-state index contributed by atoms with van der Waals surface area (Å²) in [6, 6.07) is 5.73. The second-order valence-electron chi connectivity index (χ2n) is 4.96. The van der Waals surface area contributed by atoms with Crippen LogP contribution in [0.4, 0.5) is 5.69 Å².